The normalized spacial score (nSPS) is 28.8. The number of benzene rings is 1. The Bertz CT molecular complexity index is 1560. The van der Waals surface area contributed by atoms with Crippen LogP contribution < -0.4 is 5.32 Å². The van der Waals surface area contributed by atoms with Gasteiger partial charge >= 0.3 is 0 Å². The van der Waals surface area contributed by atoms with Crippen molar-refractivity contribution in [3.05, 3.63) is 51.5 Å². The predicted octanol–water partition coefficient (Wildman–Crippen LogP) is 1.50. The van der Waals surface area contributed by atoms with Gasteiger partial charge in [-0.1, -0.05) is 26.8 Å². The molecule has 1 amide bonds. The molecule has 0 saturated carbocycles. The number of phenols is 1. The lowest BCUT2D eigenvalue weighted by Crippen LogP contribution is -2.66. The molecule has 0 aromatic heterocycles. The van der Waals surface area contributed by atoms with Crippen molar-refractivity contribution in [2.24, 2.45) is 16.7 Å². The Balaban J connectivity index is 1.69. The highest BCUT2D eigenvalue weighted by Gasteiger charge is 2.66. The van der Waals surface area contributed by atoms with Crippen molar-refractivity contribution in [1.29, 1.82) is 0 Å². The van der Waals surface area contributed by atoms with Gasteiger partial charge in [0.2, 0.25) is 11.7 Å². The third-order valence-electron chi connectivity index (χ3n) is 10.2. The molecule has 4 atom stereocenters. The van der Waals surface area contributed by atoms with Crippen LogP contribution in [0.4, 0.5) is 0 Å². The quantitative estimate of drug-likeness (QED) is 0.286. The minimum Gasteiger partial charge on any atom is -0.510 e. The molecule has 0 bridgehead atoms. The van der Waals surface area contributed by atoms with Gasteiger partial charge < -0.3 is 30.6 Å². The van der Waals surface area contributed by atoms with E-state index in [1.54, 1.807) is 32.1 Å². The summed E-state index contributed by atoms with van der Waals surface area (Å²) in [5, 5.41) is 49.7. The van der Waals surface area contributed by atoms with Gasteiger partial charge in [-0.05, 0) is 58.1 Å². The number of ketones is 3. The molecular weight excluding hydrogens is 592 g/mol. The molecule has 1 aromatic rings. The minimum absolute atomic E-state index is 0.00478. The van der Waals surface area contributed by atoms with Crippen molar-refractivity contribution in [3.63, 3.8) is 0 Å². The van der Waals surface area contributed by atoms with E-state index in [1.807, 2.05) is 25.7 Å². The van der Waals surface area contributed by atoms with Gasteiger partial charge in [0.05, 0.1) is 11.6 Å². The molecule has 1 aliphatic heterocycles. The zero-order valence-electron chi connectivity index (χ0n) is 27.7. The van der Waals surface area contributed by atoms with Gasteiger partial charge in [0, 0.05) is 61.6 Å². The monoisotopic (exact) mass is 638 g/mol. The van der Waals surface area contributed by atoms with Crippen LogP contribution in [0.2, 0.25) is 0 Å². The number of rotatable bonds is 6. The lowest BCUT2D eigenvalue weighted by molar-refractivity contribution is -0.151. The van der Waals surface area contributed by atoms with Crippen molar-refractivity contribution in [1.82, 2.24) is 20.0 Å². The Labute approximate surface area is 269 Å². The highest BCUT2D eigenvalue weighted by Crippen LogP contribution is 2.58. The maximum absolute atomic E-state index is 14.5. The Morgan fingerprint density at radius 3 is 2.24 bits per heavy atom. The second-order valence-electron chi connectivity index (χ2n) is 14.6. The fraction of sp³-hybridized carbons (Fsp3) is 0.588. The number of likely N-dealkylation sites (N-methyl/N-ethyl adjacent to an activating group) is 1. The Morgan fingerprint density at radius 2 is 1.70 bits per heavy atom. The molecule has 5 N–H and O–H groups in total. The fourth-order valence-electron chi connectivity index (χ4n) is 8.17. The number of carbonyl (C=O) groups excluding carboxylic acids is 4. The molecule has 12 nitrogen and oxygen atoms in total. The Kier molecular flexibility index (Phi) is 8.51. The van der Waals surface area contributed by atoms with Gasteiger partial charge in [-0.3, -0.25) is 29.0 Å². The van der Waals surface area contributed by atoms with Crippen molar-refractivity contribution < 1.29 is 39.6 Å². The minimum atomic E-state index is -2.66. The number of nitrogens with zero attached hydrogens (tertiary/aromatic N) is 3. The van der Waals surface area contributed by atoms with Crippen molar-refractivity contribution in [2.75, 3.05) is 53.9 Å². The van der Waals surface area contributed by atoms with Crippen molar-refractivity contribution in [3.8, 4) is 5.75 Å². The third kappa shape index (κ3) is 5.06. The predicted molar refractivity (Wildman–Crippen MR) is 169 cm³/mol. The molecular formula is C34H46N4O8. The van der Waals surface area contributed by atoms with E-state index in [9.17, 15) is 39.6 Å². The molecule has 4 aliphatic rings. The molecule has 0 radical (unpaired) electrons. The highest BCUT2D eigenvalue weighted by atomic mass is 16.3. The fourth-order valence-corrected chi connectivity index (χ4v) is 8.17. The van der Waals surface area contributed by atoms with E-state index in [0.717, 1.165) is 12.5 Å². The van der Waals surface area contributed by atoms with Gasteiger partial charge in [0.15, 0.2) is 17.2 Å². The SMILES string of the molecule is CNCc1ccc(O)c2c1C[C@@]1(CN3CCN(C(=O)C(C)(C)C)CC3)C[C@H]3[C@H](N(C)C)C(O)=C(C(C)=O)C(=O)[C@@]3(O)C(O)=C1C2=O. The second kappa shape index (κ2) is 11.6. The Morgan fingerprint density at radius 1 is 1.07 bits per heavy atom. The van der Waals surface area contributed by atoms with Crippen LogP contribution in [-0.4, -0.2) is 124 Å². The van der Waals surface area contributed by atoms with Crippen molar-refractivity contribution in [2.45, 2.75) is 58.7 Å². The average molecular weight is 639 g/mol. The molecule has 46 heavy (non-hydrogen) atoms. The molecule has 0 spiro atoms. The first-order chi connectivity index (χ1) is 21.4. The number of phenolic OH excluding ortho intramolecular Hbond substituents is 1. The van der Waals surface area contributed by atoms with E-state index in [-0.39, 0.29) is 42.2 Å². The summed E-state index contributed by atoms with van der Waals surface area (Å²) in [6, 6.07) is 2.14. The van der Waals surface area contributed by atoms with E-state index < -0.39 is 62.8 Å². The van der Waals surface area contributed by atoms with Crippen LogP contribution in [0.1, 0.15) is 55.6 Å². The molecule has 1 fully saturated rings. The lowest BCUT2D eigenvalue weighted by Gasteiger charge is -2.55. The molecule has 3 aliphatic carbocycles. The van der Waals surface area contributed by atoms with Gasteiger partial charge in [0.25, 0.3) is 0 Å². The van der Waals surface area contributed by atoms with E-state index in [2.05, 4.69) is 10.2 Å². The molecule has 0 unspecified atom stereocenters. The molecule has 250 valence electrons. The number of Topliss-reactive ketones (excluding diaryl/α,β-unsaturated/α-hetero) is 3. The summed E-state index contributed by atoms with van der Waals surface area (Å²) in [4.78, 5) is 59.6. The van der Waals surface area contributed by atoms with Crippen LogP contribution in [0.15, 0.2) is 34.8 Å². The number of carbonyl (C=O) groups is 4. The summed E-state index contributed by atoms with van der Waals surface area (Å²) < 4.78 is 0. The largest absolute Gasteiger partial charge is 0.510 e. The zero-order valence-corrected chi connectivity index (χ0v) is 27.7. The van der Waals surface area contributed by atoms with Crippen LogP contribution in [0.5, 0.6) is 5.75 Å². The smallest absolute Gasteiger partial charge is 0.228 e. The molecule has 12 heteroatoms. The maximum atomic E-state index is 14.5. The van der Waals surface area contributed by atoms with E-state index in [0.29, 0.717) is 38.3 Å². The van der Waals surface area contributed by atoms with Gasteiger partial charge in [-0.2, -0.15) is 0 Å². The number of aromatic hydroxyl groups is 1. The first-order valence-electron chi connectivity index (χ1n) is 15.8. The maximum Gasteiger partial charge on any atom is 0.228 e. The molecule has 1 aromatic carbocycles. The number of amides is 1. The third-order valence-corrected chi connectivity index (χ3v) is 10.2. The van der Waals surface area contributed by atoms with Gasteiger partial charge in [-0.15, -0.1) is 0 Å². The van der Waals surface area contributed by atoms with Crippen LogP contribution in [0.3, 0.4) is 0 Å². The Hall–Kier alpha value is -3.58. The number of piperazine rings is 1. The van der Waals surface area contributed by atoms with Crippen molar-refractivity contribution >= 4 is 23.3 Å². The molecule has 1 heterocycles. The summed E-state index contributed by atoms with van der Waals surface area (Å²) in [7, 11) is 5.06. The summed E-state index contributed by atoms with van der Waals surface area (Å²) in [5.41, 5.74) is -3.73. The number of nitrogens with one attached hydrogen (secondary N) is 1. The summed E-state index contributed by atoms with van der Waals surface area (Å²) in [6.07, 6.45) is 0.207. The molecule has 5 rings (SSSR count). The second-order valence-corrected chi connectivity index (χ2v) is 14.6. The number of aliphatic hydroxyl groups is 3. The number of fused-ring (bicyclic) bond motifs is 3. The van der Waals surface area contributed by atoms with Crippen LogP contribution >= 0.6 is 0 Å². The van der Waals surface area contributed by atoms with Gasteiger partial charge in [-0.25, -0.2) is 0 Å². The van der Waals surface area contributed by atoms with Crippen LogP contribution in [0, 0.1) is 16.7 Å². The summed E-state index contributed by atoms with van der Waals surface area (Å²) >= 11 is 0. The van der Waals surface area contributed by atoms with E-state index in [4.69, 9.17) is 0 Å². The van der Waals surface area contributed by atoms with Crippen LogP contribution in [0.25, 0.3) is 0 Å². The average Bonchev–Trinajstić information content (AvgIpc) is 2.95. The zero-order chi connectivity index (χ0) is 34.1. The summed E-state index contributed by atoms with van der Waals surface area (Å²) in [6.45, 7) is 9.29. The number of aliphatic hydroxyl groups excluding tert-OH is 2. The summed E-state index contributed by atoms with van der Waals surface area (Å²) in [5.74, 6) is -5.30. The highest BCUT2D eigenvalue weighted by molar-refractivity contribution is 6.25. The van der Waals surface area contributed by atoms with Gasteiger partial charge in [0.1, 0.15) is 22.8 Å². The number of hydrogen-bond acceptors (Lipinski definition) is 11. The first-order valence-corrected chi connectivity index (χ1v) is 15.8. The first kappa shape index (κ1) is 33.8. The van der Waals surface area contributed by atoms with E-state index in [1.165, 1.54) is 6.07 Å². The van der Waals surface area contributed by atoms with E-state index >= 15 is 0 Å². The topological polar surface area (TPSA) is 171 Å². The number of hydrogen-bond donors (Lipinski definition) is 5. The lowest BCUT2D eigenvalue weighted by atomic mass is 9.52. The van der Waals surface area contributed by atoms with Crippen LogP contribution in [-0.2, 0) is 27.3 Å². The standard InChI is InChI=1S/C34H46N4O8/c1-18(39)23-28(42)26(36(6)7)21-15-33(17-37-10-12-38(13-11-37)31(45)32(2,3)4)14-20-19(16-35-5)8-9-22(40)24(20)27(41)25(33)30(44)34(21,46)29(23)43/h8-9,21,26,35,40,42,44,46H,10-17H2,1-7H3/t21-,26-,33-,34+/m0/s1. The molecule has 1 saturated heterocycles.